The maximum Gasteiger partial charge on any atom is 0.109 e. The van der Waals surface area contributed by atoms with Gasteiger partial charge in [0, 0.05) is 13.5 Å². The average molecular weight is 185 g/mol. The summed E-state index contributed by atoms with van der Waals surface area (Å²) in [5.41, 5.74) is 5.79. The van der Waals surface area contributed by atoms with Crippen molar-refractivity contribution in [2.75, 3.05) is 13.7 Å². The molecule has 1 aliphatic rings. The van der Waals surface area contributed by atoms with E-state index in [1.54, 1.807) is 7.11 Å². The Bertz CT molecular complexity index is 199. The first kappa shape index (κ1) is 10.5. The third-order valence-corrected chi connectivity index (χ3v) is 2.36. The van der Waals surface area contributed by atoms with Crippen molar-refractivity contribution >= 4 is 0 Å². The van der Waals surface area contributed by atoms with Crippen molar-refractivity contribution in [3.8, 4) is 0 Å². The van der Waals surface area contributed by atoms with Gasteiger partial charge in [-0.2, -0.15) is 0 Å². The van der Waals surface area contributed by atoms with Gasteiger partial charge in [0.2, 0.25) is 0 Å². The quantitative estimate of drug-likeness (QED) is 0.720. The minimum atomic E-state index is -0.174. The number of hydrogen-bond acceptors (Lipinski definition) is 3. The van der Waals surface area contributed by atoms with E-state index in [-0.39, 0.29) is 11.6 Å². The second-order valence-electron chi connectivity index (χ2n) is 4.02. The first-order chi connectivity index (χ1) is 6.05. The van der Waals surface area contributed by atoms with Gasteiger partial charge in [-0.05, 0) is 26.3 Å². The molecule has 0 aromatic heterocycles. The molecule has 0 aliphatic carbocycles. The average Bonchev–Trinajstić information content (AvgIpc) is 2.55. The van der Waals surface area contributed by atoms with Gasteiger partial charge in [-0.15, -0.1) is 0 Å². The van der Waals surface area contributed by atoms with E-state index in [9.17, 15) is 0 Å². The van der Waals surface area contributed by atoms with E-state index < -0.39 is 0 Å². The summed E-state index contributed by atoms with van der Waals surface area (Å²) < 4.78 is 10.7. The van der Waals surface area contributed by atoms with Gasteiger partial charge in [0.05, 0.1) is 18.2 Å². The first-order valence-electron chi connectivity index (χ1n) is 4.69. The Morgan fingerprint density at radius 1 is 1.69 bits per heavy atom. The zero-order valence-corrected chi connectivity index (χ0v) is 8.67. The van der Waals surface area contributed by atoms with Crippen molar-refractivity contribution in [3.63, 3.8) is 0 Å². The Labute approximate surface area is 79.9 Å². The first-order valence-corrected chi connectivity index (χ1v) is 4.69. The van der Waals surface area contributed by atoms with Gasteiger partial charge in [0.15, 0.2) is 0 Å². The maximum atomic E-state index is 5.97. The molecule has 0 saturated heterocycles. The number of ether oxygens (including phenoxy) is 2. The Hall–Kier alpha value is -0.540. The van der Waals surface area contributed by atoms with Crippen LogP contribution in [-0.4, -0.2) is 25.4 Å². The van der Waals surface area contributed by atoms with Crippen LogP contribution in [-0.2, 0) is 9.47 Å². The largest absolute Gasteiger partial charge is 0.496 e. The summed E-state index contributed by atoms with van der Waals surface area (Å²) in [6.07, 6.45) is 3.84. The molecule has 1 rings (SSSR count). The van der Waals surface area contributed by atoms with Crippen LogP contribution in [0.2, 0.25) is 0 Å². The molecule has 13 heavy (non-hydrogen) atoms. The van der Waals surface area contributed by atoms with Gasteiger partial charge in [-0.3, -0.25) is 0 Å². The number of rotatable bonds is 4. The fourth-order valence-corrected chi connectivity index (χ4v) is 1.41. The number of methoxy groups -OCH3 is 1. The van der Waals surface area contributed by atoms with Gasteiger partial charge in [0.1, 0.15) is 5.76 Å². The normalized spacial score (nSPS) is 19.5. The molecule has 0 spiro atoms. The van der Waals surface area contributed by atoms with Crippen molar-refractivity contribution in [2.24, 2.45) is 5.73 Å². The summed E-state index contributed by atoms with van der Waals surface area (Å²) >= 11 is 0. The van der Waals surface area contributed by atoms with Crippen LogP contribution in [0.15, 0.2) is 11.8 Å². The topological polar surface area (TPSA) is 44.5 Å². The van der Waals surface area contributed by atoms with Crippen molar-refractivity contribution in [2.45, 2.75) is 38.3 Å². The summed E-state index contributed by atoms with van der Waals surface area (Å²) in [4.78, 5) is 0. The molecule has 0 fully saturated rings. The molecule has 1 unspecified atom stereocenters. The van der Waals surface area contributed by atoms with E-state index in [0.29, 0.717) is 0 Å². The zero-order chi connectivity index (χ0) is 9.90. The molecule has 0 radical (unpaired) electrons. The highest BCUT2D eigenvalue weighted by Gasteiger charge is 2.24. The third kappa shape index (κ3) is 3.01. The van der Waals surface area contributed by atoms with E-state index >= 15 is 0 Å². The monoisotopic (exact) mass is 185 g/mol. The van der Waals surface area contributed by atoms with Crippen molar-refractivity contribution in [1.29, 1.82) is 0 Å². The Balaban J connectivity index is 2.44. The van der Waals surface area contributed by atoms with Gasteiger partial charge in [0.25, 0.3) is 0 Å². The van der Waals surface area contributed by atoms with Crippen LogP contribution in [0, 0.1) is 0 Å². The molecule has 2 N–H and O–H groups in total. The van der Waals surface area contributed by atoms with E-state index in [4.69, 9.17) is 15.2 Å². The molecule has 1 aliphatic heterocycles. The smallest absolute Gasteiger partial charge is 0.109 e. The van der Waals surface area contributed by atoms with Gasteiger partial charge in [-0.25, -0.2) is 0 Å². The predicted octanol–water partition coefficient (Wildman–Crippen LogP) is 1.43. The second kappa shape index (κ2) is 4.11. The molecule has 1 atom stereocenters. The molecule has 0 bridgehead atoms. The summed E-state index contributed by atoms with van der Waals surface area (Å²) in [6, 6.07) is -0.0301. The SMILES string of the molecule is COC(C)(C)CC(N)C1=CCCO1. The summed E-state index contributed by atoms with van der Waals surface area (Å²) in [6.45, 7) is 4.83. The van der Waals surface area contributed by atoms with Gasteiger partial charge < -0.3 is 15.2 Å². The Morgan fingerprint density at radius 3 is 2.85 bits per heavy atom. The van der Waals surface area contributed by atoms with E-state index in [0.717, 1.165) is 25.2 Å². The predicted molar refractivity (Wildman–Crippen MR) is 52.3 cm³/mol. The minimum absolute atomic E-state index is 0.0301. The molecule has 1 heterocycles. The van der Waals surface area contributed by atoms with Crippen LogP contribution in [0.1, 0.15) is 26.7 Å². The van der Waals surface area contributed by atoms with Gasteiger partial charge >= 0.3 is 0 Å². The van der Waals surface area contributed by atoms with Crippen LogP contribution in [0.5, 0.6) is 0 Å². The summed E-state index contributed by atoms with van der Waals surface area (Å²) in [7, 11) is 1.70. The van der Waals surface area contributed by atoms with Crippen LogP contribution < -0.4 is 5.73 Å². The molecular weight excluding hydrogens is 166 g/mol. The van der Waals surface area contributed by atoms with Crippen molar-refractivity contribution in [3.05, 3.63) is 11.8 Å². The highest BCUT2D eigenvalue weighted by atomic mass is 16.5. The fraction of sp³-hybridized carbons (Fsp3) is 0.800. The molecule has 76 valence electrons. The van der Waals surface area contributed by atoms with Crippen LogP contribution in [0.25, 0.3) is 0 Å². The number of hydrogen-bond donors (Lipinski definition) is 1. The highest BCUT2D eigenvalue weighted by Crippen LogP contribution is 2.21. The van der Waals surface area contributed by atoms with E-state index in [1.807, 2.05) is 13.8 Å². The van der Waals surface area contributed by atoms with Crippen LogP contribution >= 0.6 is 0 Å². The van der Waals surface area contributed by atoms with Gasteiger partial charge in [-0.1, -0.05) is 0 Å². The Kier molecular flexibility index (Phi) is 3.33. The lowest BCUT2D eigenvalue weighted by Crippen LogP contribution is -2.35. The third-order valence-electron chi connectivity index (χ3n) is 2.36. The lowest BCUT2D eigenvalue weighted by molar-refractivity contribution is 0.00880. The molecular formula is C10H19NO2. The zero-order valence-electron chi connectivity index (χ0n) is 8.67. The Morgan fingerprint density at radius 2 is 2.38 bits per heavy atom. The van der Waals surface area contributed by atoms with Crippen LogP contribution in [0.4, 0.5) is 0 Å². The maximum absolute atomic E-state index is 5.97. The molecule has 0 aromatic rings. The van der Waals surface area contributed by atoms with E-state index in [2.05, 4.69) is 6.08 Å². The lowest BCUT2D eigenvalue weighted by atomic mass is 9.98. The lowest BCUT2D eigenvalue weighted by Gasteiger charge is -2.26. The molecule has 0 amide bonds. The fourth-order valence-electron chi connectivity index (χ4n) is 1.41. The molecule has 0 saturated carbocycles. The van der Waals surface area contributed by atoms with Crippen LogP contribution in [0.3, 0.4) is 0 Å². The highest BCUT2D eigenvalue weighted by molar-refractivity contribution is 5.07. The van der Waals surface area contributed by atoms with Crippen molar-refractivity contribution in [1.82, 2.24) is 0 Å². The summed E-state index contributed by atoms with van der Waals surface area (Å²) in [5, 5.41) is 0. The summed E-state index contributed by atoms with van der Waals surface area (Å²) in [5.74, 6) is 0.921. The van der Waals surface area contributed by atoms with E-state index in [1.165, 1.54) is 0 Å². The molecule has 3 nitrogen and oxygen atoms in total. The standard InChI is InChI=1S/C10H19NO2/c1-10(2,12-3)7-8(11)9-5-4-6-13-9/h5,8H,4,6-7,11H2,1-3H3. The molecule has 0 aromatic carbocycles. The molecule has 3 heteroatoms. The van der Waals surface area contributed by atoms with Crippen molar-refractivity contribution < 1.29 is 9.47 Å². The number of nitrogens with two attached hydrogens (primary N) is 1. The minimum Gasteiger partial charge on any atom is -0.496 e. The second-order valence-corrected chi connectivity index (χ2v) is 4.02.